The number of fused-ring (bicyclic) bond motifs is 2. The number of halogens is 1. The normalized spacial score (nSPS) is 24.3. The van der Waals surface area contributed by atoms with Crippen molar-refractivity contribution in [3.63, 3.8) is 0 Å². The van der Waals surface area contributed by atoms with Gasteiger partial charge in [0, 0.05) is 10.7 Å². The Morgan fingerprint density at radius 3 is 2.32 bits per heavy atom. The first kappa shape index (κ1) is 14.5. The largest absolute Gasteiger partial charge is 0.256 e. The molecule has 2 aromatic rings. The van der Waals surface area contributed by atoms with Crippen LogP contribution in [0.5, 0.6) is 0 Å². The highest BCUT2D eigenvalue weighted by atomic mass is 79.9. The predicted octanol–water partition coefficient (Wildman–Crippen LogP) is 5.32. The average molecular weight is 354 g/mol. The van der Waals surface area contributed by atoms with Crippen LogP contribution in [0.2, 0.25) is 11.6 Å². The van der Waals surface area contributed by atoms with Gasteiger partial charge in [0.1, 0.15) is 0 Å². The molecule has 0 N–H and O–H groups in total. The molecule has 2 saturated heterocycles. The summed E-state index contributed by atoms with van der Waals surface area (Å²) in [6.07, 6.45) is 10.4. The van der Waals surface area contributed by atoms with Crippen LogP contribution in [-0.4, -0.2) is 11.7 Å². The molecule has 2 fully saturated rings. The van der Waals surface area contributed by atoms with Gasteiger partial charge in [-0.25, -0.2) is 0 Å². The van der Waals surface area contributed by atoms with Crippen molar-refractivity contribution in [1.82, 2.24) is 4.98 Å². The first-order valence-corrected chi connectivity index (χ1v) is 9.33. The Morgan fingerprint density at radius 1 is 0.955 bits per heavy atom. The number of hydrogen-bond acceptors (Lipinski definition) is 1. The lowest BCUT2D eigenvalue weighted by atomic mass is 9.24. The van der Waals surface area contributed by atoms with E-state index in [1.54, 1.807) is 0 Å². The zero-order valence-corrected chi connectivity index (χ0v) is 14.4. The highest BCUT2D eigenvalue weighted by Crippen LogP contribution is 2.46. The van der Waals surface area contributed by atoms with Crippen LogP contribution in [0, 0.1) is 0 Å². The summed E-state index contributed by atoms with van der Waals surface area (Å²) in [6, 6.07) is 13.0. The number of aromatic nitrogens is 1. The molecule has 0 atom stereocenters. The van der Waals surface area contributed by atoms with Gasteiger partial charge in [-0.3, -0.25) is 4.98 Å². The van der Waals surface area contributed by atoms with Crippen molar-refractivity contribution >= 4 is 28.1 Å². The van der Waals surface area contributed by atoms with Gasteiger partial charge >= 0.3 is 0 Å². The molecule has 1 aromatic carbocycles. The van der Waals surface area contributed by atoms with Gasteiger partial charge in [0.2, 0.25) is 0 Å². The molecular weight excluding hydrogens is 333 g/mol. The Bertz CT molecular complexity index is 636. The van der Waals surface area contributed by atoms with Gasteiger partial charge < -0.3 is 0 Å². The van der Waals surface area contributed by atoms with E-state index >= 15 is 0 Å². The predicted molar refractivity (Wildman–Crippen MR) is 98.0 cm³/mol. The van der Waals surface area contributed by atoms with Gasteiger partial charge in [-0.1, -0.05) is 89.8 Å². The van der Waals surface area contributed by atoms with Gasteiger partial charge in [0.25, 0.3) is 0 Å². The average Bonchev–Trinajstić information content (AvgIpc) is 2.55. The topological polar surface area (TPSA) is 12.9 Å². The Balaban J connectivity index is 1.82. The van der Waals surface area contributed by atoms with E-state index in [0.717, 1.165) is 24.0 Å². The van der Waals surface area contributed by atoms with Crippen molar-refractivity contribution in [2.75, 3.05) is 0 Å². The van der Waals surface area contributed by atoms with Crippen molar-refractivity contribution in [2.24, 2.45) is 0 Å². The fourth-order valence-electron chi connectivity index (χ4n) is 4.75. The van der Waals surface area contributed by atoms with E-state index < -0.39 is 0 Å². The Hall–Kier alpha value is -1.09. The van der Waals surface area contributed by atoms with E-state index in [2.05, 4.69) is 51.2 Å². The summed E-state index contributed by atoms with van der Waals surface area (Å²) in [6.45, 7) is 0.733. The number of rotatable bonds is 2. The molecule has 112 valence electrons. The number of benzene rings is 1. The van der Waals surface area contributed by atoms with E-state index in [-0.39, 0.29) is 0 Å². The lowest BCUT2D eigenvalue weighted by Crippen LogP contribution is -2.45. The molecule has 2 bridgehead atoms. The SMILES string of the molecule is Brc1ccc(-c2ccccn2)c(B2C3CCCC2CCC3)c1. The molecule has 0 radical (unpaired) electrons. The maximum absolute atomic E-state index is 4.61. The van der Waals surface area contributed by atoms with Crippen molar-refractivity contribution < 1.29 is 0 Å². The number of nitrogens with zero attached hydrogens (tertiary/aromatic N) is 1. The second kappa shape index (κ2) is 6.19. The summed E-state index contributed by atoms with van der Waals surface area (Å²) in [4.78, 5) is 4.61. The molecule has 1 aromatic heterocycles. The van der Waals surface area contributed by atoms with Crippen molar-refractivity contribution in [1.29, 1.82) is 0 Å². The summed E-state index contributed by atoms with van der Waals surface area (Å²) in [5.74, 6) is 1.76. The Kier molecular flexibility index (Phi) is 4.08. The van der Waals surface area contributed by atoms with Gasteiger partial charge in [0.05, 0.1) is 5.69 Å². The Labute approximate surface area is 141 Å². The second-order valence-corrected chi connectivity index (χ2v) is 7.77. The summed E-state index contributed by atoms with van der Waals surface area (Å²) >= 11 is 3.69. The first-order chi connectivity index (χ1) is 10.8. The van der Waals surface area contributed by atoms with E-state index in [4.69, 9.17) is 0 Å². The van der Waals surface area contributed by atoms with E-state index in [1.807, 2.05) is 12.3 Å². The minimum atomic E-state index is 0.733. The molecule has 0 saturated carbocycles. The summed E-state index contributed by atoms with van der Waals surface area (Å²) in [7, 11) is 0. The molecule has 1 nitrogen and oxygen atoms in total. The van der Waals surface area contributed by atoms with Gasteiger partial charge in [-0.2, -0.15) is 0 Å². The fraction of sp³-hybridized carbons (Fsp3) is 0.421. The molecule has 2 aliphatic heterocycles. The van der Waals surface area contributed by atoms with E-state index in [1.165, 1.54) is 54.0 Å². The van der Waals surface area contributed by atoms with Gasteiger partial charge in [-0.05, 0) is 23.8 Å². The molecule has 22 heavy (non-hydrogen) atoms. The third-order valence-electron chi connectivity index (χ3n) is 5.63. The third kappa shape index (κ3) is 2.64. The molecule has 2 aliphatic rings. The van der Waals surface area contributed by atoms with Crippen LogP contribution < -0.4 is 5.46 Å². The summed E-state index contributed by atoms with van der Waals surface area (Å²) < 4.78 is 1.20. The van der Waals surface area contributed by atoms with Crippen molar-refractivity contribution in [2.45, 2.75) is 50.2 Å². The fourth-order valence-corrected chi connectivity index (χ4v) is 5.13. The number of hydrogen-bond donors (Lipinski definition) is 0. The molecule has 0 aliphatic carbocycles. The number of pyridine rings is 1. The first-order valence-electron chi connectivity index (χ1n) is 8.54. The highest BCUT2D eigenvalue weighted by molar-refractivity contribution is 9.10. The van der Waals surface area contributed by atoms with Crippen LogP contribution >= 0.6 is 15.9 Å². The molecule has 3 heterocycles. The molecular formula is C19H21BBrN. The quantitative estimate of drug-likeness (QED) is 0.665. The van der Waals surface area contributed by atoms with Gasteiger partial charge in [-0.15, -0.1) is 0 Å². The molecule has 3 heteroatoms. The van der Waals surface area contributed by atoms with Crippen LogP contribution in [0.1, 0.15) is 38.5 Å². The smallest absolute Gasteiger partial charge is 0.183 e. The van der Waals surface area contributed by atoms with E-state index in [9.17, 15) is 0 Å². The van der Waals surface area contributed by atoms with Crippen LogP contribution in [0.3, 0.4) is 0 Å². The highest BCUT2D eigenvalue weighted by Gasteiger charge is 2.41. The zero-order chi connectivity index (χ0) is 14.9. The minimum absolute atomic E-state index is 0.733. The maximum Gasteiger partial charge on any atom is 0.183 e. The standard InChI is InChI=1S/C19H21BBrN/c21-16-10-11-17(19-9-1-2-12-22-19)18(13-16)20-14-5-3-6-15(20)8-4-7-14/h1-2,9-15H,3-8H2. The molecule has 0 unspecified atom stereocenters. The summed E-state index contributed by atoms with van der Waals surface area (Å²) in [5, 5.41) is 0. The van der Waals surface area contributed by atoms with Crippen LogP contribution in [-0.2, 0) is 0 Å². The third-order valence-corrected chi connectivity index (χ3v) is 6.12. The molecule has 4 rings (SSSR count). The zero-order valence-electron chi connectivity index (χ0n) is 12.8. The maximum atomic E-state index is 4.61. The van der Waals surface area contributed by atoms with Crippen molar-refractivity contribution in [3.05, 3.63) is 47.1 Å². The molecule has 0 amide bonds. The van der Waals surface area contributed by atoms with Crippen LogP contribution in [0.25, 0.3) is 11.3 Å². The molecule has 0 spiro atoms. The lowest BCUT2D eigenvalue weighted by Gasteiger charge is -2.41. The van der Waals surface area contributed by atoms with Gasteiger partial charge in [0.15, 0.2) is 6.71 Å². The summed E-state index contributed by atoms with van der Waals surface area (Å²) in [5.41, 5.74) is 3.99. The van der Waals surface area contributed by atoms with Crippen LogP contribution in [0.15, 0.2) is 47.1 Å². The van der Waals surface area contributed by atoms with Crippen LogP contribution in [0.4, 0.5) is 0 Å². The minimum Gasteiger partial charge on any atom is -0.256 e. The van der Waals surface area contributed by atoms with Crippen molar-refractivity contribution in [3.8, 4) is 11.3 Å². The second-order valence-electron chi connectivity index (χ2n) is 6.85. The lowest BCUT2D eigenvalue weighted by molar-refractivity contribution is 0.448. The Morgan fingerprint density at radius 2 is 1.68 bits per heavy atom. The monoisotopic (exact) mass is 353 g/mol. The van der Waals surface area contributed by atoms with E-state index in [0.29, 0.717) is 0 Å².